The Morgan fingerprint density at radius 3 is 2.27 bits per heavy atom. The van der Waals surface area contributed by atoms with Crippen molar-refractivity contribution in [2.45, 2.75) is 39.2 Å². The van der Waals surface area contributed by atoms with Crippen LogP contribution < -0.4 is 4.74 Å². The maximum absolute atomic E-state index is 12.7. The van der Waals surface area contributed by atoms with Crippen LogP contribution >= 0.6 is 0 Å². The molecular formula is C22H27NO6S. The lowest BCUT2D eigenvalue weighted by Gasteiger charge is -2.18. The molecule has 162 valence electrons. The zero-order valence-corrected chi connectivity index (χ0v) is 18.5. The number of benzene rings is 2. The van der Waals surface area contributed by atoms with E-state index in [1.807, 2.05) is 6.92 Å². The van der Waals surface area contributed by atoms with Crippen molar-refractivity contribution in [3.63, 3.8) is 0 Å². The molecule has 0 aliphatic rings. The summed E-state index contributed by atoms with van der Waals surface area (Å²) >= 11 is 0. The number of carbonyl (C=O) groups is 2. The largest absolute Gasteiger partial charge is 0.493 e. The molecule has 0 aromatic heterocycles. The van der Waals surface area contributed by atoms with Crippen molar-refractivity contribution in [3.8, 4) is 5.75 Å². The third-order valence-electron chi connectivity index (χ3n) is 4.54. The zero-order valence-electron chi connectivity index (χ0n) is 17.7. The summed E-state index contributed by atoms with van der Waals surface area (Å²) < 4.78 is 37.6. The fraction of sp³-hybridized carbons (Fsp3) is 0.364. The van der Waals surface area contributed by atoms with E-state index in [9.17, 15) is 18.0 Å². The topological polar surface area (TPSA) is 90.0 Å². The molecule has 0 bridgehead atoms. The number of ether oxygens (including phenoxy) is 2. The van der Waals surface area contributed by atoms with Crippen LogP contribution in [0.15, 0.2) is 47.4 Å². The van der Waals surface area contributed by atoms with Crippen molar-refractivity contribution in [3.05, 3.63) is 59.2 Å². The van der Waals surface area contributed by atoms with Crippen LogP contribution in [0.5, 0.6) is 5.75 Å². The Bertz CT molecular complexity index is 1010. The number of nitrogens with zero attached hydrogens (tertiary/aromatic N) is 1. The predicted octanol–water partition coefficient (Wildman–Crippen LogP) is 3.68. The molecule has 2 rings (SSSR count). The Kier molecular flexibility index (Phi) is 8.14. The zero-order chi connectivity index (χ0) is 22.3. The van der Waals surface area contributed by atoms with E-state index in [4.69, 9.17) is 9.47 Å². The van der Waals surface area contributed by atoms with Crippen LogP contribution in [-0.2, 0) is 21.4 Å². The van der Waals surface area contributed by atoms with Gasteiger partial charge in [0.15, 0.2) is 5.78 Å². The van der Waals surface area contributed by atoms with Crippen molar-refractivity contribution in [2.75, 3.05) is 19.7 Å². The number of hydrogen-bond acceptors (Lipinski definition) is 6. The van der Waals surface area contributed by atoms with Gasteiger partial charge in [0, 0.05) is 24.2 Å². The average Bonchev–Trinajstić information content (AvgIpc) is 2.73. The van der Waals surface area contributed by atoms with Gasteiger partial charge in [-0.1, -0.05) is 19.9 Å². The third-order valence-corrected chi connectivity index (χ3v) is 6.58. The van der Waals surface area contributed by atoms with E-state index >= 15 is 0 Å². The maximum Gasteiger partial charge on any atom is 0.338 e. The number of rotatable bonds is 10. The second-order valence-electron chi connectivity index (χ2n) is 6.50. The molecule has 0 saturated heterocycles. The number of carbonyl (C=O) groups excluding carboxylic acids is 2. The molecule has 0 amide bonds. The van der Waals surface area contributed by atoms with Crippen molar-refractivity contribution >= 4 is 21.8 Å². The maximum atomic E-state index is 12.7. The van der Waals surface area contributed by atoms with Gasteiger partial charge in [-0.15, -0.1) is 0 Å². The molecule has 0 aliphatic carbocycles. The number of hydrogen-bond donors (Lipinski definition) is 0. The first-order valence-corrected chi connectivity index (χ1v) is 11.2. The SMILES string of the molecule is CCOc1ccc(C(C)=O)cc1COC(=O)c1cccc(S(=O)(=O)N(CC)CC)c1. The first-order chi connectivity index (χ1) is 14.2. The van der Waals surface area contributed by atoms with Gasteiger partial charge in [0.1, 0.15) is 12.4 Å². The molecule has 2 aromatic rings. The molecular weight excluding hydrogens is 406 g/mol. The standard InChI is InChI=1S/C22H27NO6S/c1-5-23(6-2)30(26,27)20-10-8-9-18(14-20)22(25)29-15-19-13-17(16(4)24)11-12-21(19)28-7-3/h8-14H,5-7,15H2,1-4H3. The fourth-order valence-electron chi connectivity index (χ4n) is 2.93. The molecule has 0 atom stereocenters. The Labute approximate surface area is 177 Å². The lowest BCUT2D eigenvalue weighted by Crippen LogP contribution is -2.30. The summed E-state index contributed by atoms with van der Waals surface area (Å²) in [5.41, 5.74) is 1.17. The summed E-state index contributed by atoms with van der Waals surface area (Å²) in [7, 11) is -3.69. The van der Waals surface area contributed by atoms with Crippen molar-refractivity contribution in [2.24, 2.45) is 0 Å². The van der Waals surface area contributed by atoms with Crippen LogP contribution in [-0.4, -0.2) is 44.2 Å². The molecule has 2 aromatic carbocycles. The molecule has 0 fully saturated rings. The van der Waals surface area contributed by atoms with Crippen LogP contribution in [0.4, 0.5) is 0 Å². The van der Waals surface area contributed by atoms with E-state index in [-0.39, 0.29) is 22.8 Å². The third kappa shape index (κ3) is 5.46. The second-order valence-corrected chi connectivity index (χ2v) is 8.44. The lowest BCUT2D eigenvalue weighted by molar-refractivity contribution is 0.0469. The van der Waals surface area contributed by atoms with Crippen molar-refractivity contribution < 1.29 is 27.5 Å². The van der Waals surface area contributed by atoms with Gasteiger partial charge in [0.05, 0.1) is 17.1 Å². The van der Waals surface area contributed by atoms with Gasteiger partial charge in [0.2, 0.25) is 10.0 Å². The predicted molar refractivity (Wildman–Crippen MR) is 113 cm³/mol. The van der Waals surface area contributed by atoms with Crippen LogP contribution in [0.2, 0.25) is 0 Å². The monoisotopic (exact) mass is 433 g/mol. The summed E-state index contributed by atoms with van der Waals surface area (Å²) in [4.78, 5) is 24.2. The van der Waals surface area contributed by atoms with E-state index in [1.54, 1.807) is 32.0 Å². The van der Waals surface area contributed by atoms with Crippen molar-refractivity contribution in [1.29, 1.82) is 0 Å². The number of esters is 1. The number of sulfonamides is 1. The average molecular weight is 434 g/mol. The highest BCUT2D eigenvalue weighted by Crippen LogP contribution is 2.23. The van der Waals surface area contributed by atoms with E-state index < -0.39 is 16.0 Å². The van der Waals surface area contributed by atoms with Gasteiger partial charge < -0.3 is 9.47 Å². The van der Waals surface area contributed by atoms with Crippen LogP contribution in [0.1, 0.15) is 54.0 Å². The second kappa shape index (κ2) is 10.4. The van der Waals surface area contributed by atoms with Gasteiger partial charge in [0.25, 0.3) is 0 Å². The lowest BCUT2D eigenvalue weighted by atomic mass is 10.1. The Hall–Kier alpha value is -2.71. The van der Waals surface area contributed by atoms with Gasteiger partial charge in [-0.2, -0.15) is 4.31 Å². The molecule has 8 heteroatoms. The number of Topliss-reactive ketones (excluding diaryl/α,β-unsaturated/α-hetero) is 1. The van der Waals surface area contributed by atoms with Gasteiger partial charge in [-0.25, -0.2) is 13.2 Å². The quantitative estimate of drug-likeness (QED) is 0.419. The molecule has 30 heavy (non-hydrogen) atoms. The molecule has 7 nitrogen and oxygen atoms in total. The smallest absolute Gasteiger partial charge is 0.338 e. The van der Waals surface area contributed by atoms with E-state index in [0.29, 0.717) is 36.6 Å². The minimum Gasteiger partial charge on any atom is -0.493 e. The fourth-order valence-corrected chi connectivity index (χ4v) is 4.43. The molecule has 0 heterocycles. The Morgan fingerprint density at radius 1 is 0.967 bits per heavy atom. The normalized spacial score (nSPS) is 11.4. The molecule has 0 saturated carbocycles. The summed E-state index contributed by atoms with van der Waals surface area (Å²) in [5.74, 6) is -0.254. The minimum atomic E-state index is -3.69. The van der Waals surface area contributed by atoms with Gasteiger partial charge >= 0.3 is 5.97 Å². The highest BCUT2D eigenvalue weighted by atomic mass is 32.2. The van der Waals surface area contributed by atoms with Crippen LogP contribution in [0.25, 0.3) is 0 Å². The van der Waals surface area contributed by atoms with Gasteiger partial charge in [-0.05, 0) is 50.2 Å². The van der Waals surface area contributed by atoms with Gasteiger partial charge in [-0.3, -0.25) is 4.79 Å². The van der Waals surface area contributed by atoms with Crippen LogP contribution in [0.3, 0.4) is 0 Å². The summed E-state index contributed by atoms with van der Waals surface area (Å²) in [6, 6.07) is 10.7. The molecule has 0 aliphatic heterocycles. The van der Waals surface area contributed by atoms with Crippen molar-refractivity contribution in [1.82, 2.24) is 4.31 Å². The summed E-state index contributed by atoms with van der Waals surface area (Å²) in [6.45, 7) is 7.77. The summed E-state index contributed by atoms with van der Waals surface area (Å²) in [5, 5.41) is 0. The highest BCUT2D eigenvalue weighted by molar-refractivity contribution is 7.89. The highest BCUT2D eigenvalue weighted by Gasteiger charge is 2.23. The minimum absolute atomic E-state index is 0.0363. The Morgan fingerprint density at radius 2 is 1.67 bits per heavy atom. The van der Waals surface area contributed by atoms with E-state index in [0.717, 1.165) is 0 Å². The number of ketones is 1. The molecule has 0 unspecified atom stereocenters. The summed E-state index contributed by atoms with van der Waals surface area (Å²) in [6.07, 6.45) is 0. The van der Waals surface area contributed by atoms with Crippen LogP contribution in [0, 0.1) is 0 Å². The van der Waals surface area contributed by atoms with E-state index in [1.165, 1.54) is 35.5 Å². The molecule has 0 spiro atoms. The molecule has 0 radical (unpaired) electrons. The first-order valence-electron chi connectivity index (χ1n) is 9.78. The van der Waals surface area contributed by atoms with E-state index in [2.05, 4.69) is 0 Å². The first kappa shape index (κ1) is 23.6. The molecule has 0 N–H and O–H groups in total. The Balaban J connectivity index is 2.24.